The standard InChI is InChI=1S/C35H61N5O7S/c1-11-16-25(27(41)30(43)36-20-12-2)37-29(42)26-24(23(3)4)17-21-40(26)31(44)28(33(5,6)7)38-32(45)39-35(18-14-13-15-19-35)22-48(46,47)34(8,9)10/h12,23-26,28H,2,11,13-22H2,1,3-10H3,(H,36,43)(H,37,42)(H2,38,39,45)/t24?,25?,26-,28+/m0/s1. The van der Waals surface area contributed by atoms with Gasteiger partial charge in [-0.3, -0.25) is 19.2 Å². The first-order valence-electron chi connectivity index (χ1n) is 17.5. The molecule has 1 heterocycles. The highest BCUT2D eigenvalue weighted by atomic mass is 32.2. The molecule has 5 amide bonds. The highest BCUT2D eigenvalue weighted by Crippen LogP contribution is 2.35. The van der Waals surface area contributed by atoms with Crippen LogP contribution in [0.25, 0.3) is 0 Å². The van der Waals surface area contributed by atoms with Crippen molar-refractivity contribution in [1.29, 1.82) is 0 Å². The number of hydrogen-bond acceptors (Lipinski definition) is 7. The van der Waals surface area contributed by atoms with Crippen molar-refractivity contribution in [2.45, 2.75) is 142 Å². The fourth-order valence-electron chi connectivity index (χ4n) is 6.66. The van der Waals surface area contributed by atoms with E-state index in [-0.39, 0.29) is 37.1 Å². The Labute approximate surface area is 288 Å². The average molecular weight is 696 g/mol. The maximum Gasteiger partial charge on any atom is 0.315 e. The van der Waals surface area contributed by atoms with Crippen LogP contribution >= 0.6 is 0 Å². The van der Waals surface area contributed by atoms with Crippen LogP contribution in [0.1, 0.15) is 114 Å². The third-order valence-corrected chi connectivity index (χ3v) is 12.5. The van der Waals surface area contributed by atoms with Crippen LogP contribution in [0.3, 0.4) is 0 Å². The fourth-order valence-corrected chi connectivity index (χ4v) is 8.18. The number of nitrogens with zero attached hydrogens (tertiary/aromatic N) is 1. The van der Waals surface area contributed by atoms with Gasteiger partial charge in [-0.15, -0.1) is 6.58 Å². The van der Waals surface area contributed by atoms with E-state index in [4.69, 9.17) is 0 Å². The number of carbonyl (C=O) groups excluding carboxylic acids is 5. The van der Waals surface area contributed by atoms with Crippen molar-refractivity contribution in [3.63, 3.8) is 0 Å². The van der Waals surface area contributed by atoms with Crippen LogP contribution in [0.4, 0.5) is 4.79 Å². The summed E-state index contributed by atoms with van der Waals surface area (Å²) in [6, 6.07) is -3.65. The normalized spacial score (nSPS) is 21.2. The second-order valence-electron chi connectivity index (χ2n) is 16.0. The van der Waals surface area contributed by atoms with Gasteiger partial charge in [0, 0.05) is 13.1 Å². The predicted molar refractivity (Wildman–Crippen MR) is 188 cm³/mol. The number of sulfone groups is 1. The molecule has 4 atom stereocenters. The number of ketones is 1. The molecule has 2 unspecified atom stereocenters. The van der Waals surface area contributed by atoms with Gasteiger partial charge >= 0.3 is 6.03 Å². The van der Waals surface area contributed by atoms with Gasteiger partial charge in [0.1, 0.15) is 12.1 Å². The van der Waals surface area contributed by atoms with Crippen molar-refractivity contribution < 1.29 is 32.4 Å². The first-order chi connectivity index (χ1) is 22.1. The Balaban J connectivity index is 2.37. The van der Waals surface area contributed by atoms with E-state index in [2.05, 4.69) is 27.8 Å². The van der Waals surface area contributed by atoms with Gasteiger partial charge in [-0.05, 0) is 63.7 Å². The van der Waals surface area contributed by atoms with Gasteiger partial charge in [0.2, 0.25) is 17.6 Å². The Kier molecular flexibility index (Phi) is 14.3. The zero-order valence-corrected chi connectivity index (χ0v) is 31.5. The first-order valence-corrected chi connectivity index (χ1v) is 19.1. The van der Waals surface area contributed by atoms with E-state index >= 15 is 0 Å². The number of Topliss-reactive ketones (excluding diaryl/α,β-unsaturated/α-hetero) is 1. The number of carbonyl (C=O) groups is 5. The molecule has 0 aromatic heterocycles. The molecule has 48 heavy (non-hydrogen) atoms. The summed E-state index contributed by atoms with van der Waals surface area (Å²) in [6.45, 7) is 20.1. The van der Waals surface area contributed by atoms with Gasteiger partial charge in [-0.2, -0.15) is 0 Å². The van der Waals surface area contributed by atoms with Crippen LogP contribution < -0.4 is 21.3 Å². The number of nitrogens with one attached hydrogen (secondary N) is 4. The molecule has 1 aliphatic heterocycles. The largest absolute Gasteiger partial charge is 0.346 e. The molecule has 2 fully saturated rings. The zero-order valence-electron chi connectivity index (χ0n) is 30.7. The molecule has 0 radical (unpaired) electrons. The van der Waals surface area contributed by atoms with Crippen LogP contribution in [0.5, 0.6) is 0 Å². The smallest absolute Gasteiger partial charge is 0.315 e. The van der Waals surface area contributed by atoms with E-state index in [0.29, 0.717) is 25.7 Å². The van der Waals surface area contributed by atoms with E-state index in [1.54, 1.807) is 20.8 Å². The Morgan fingerprint density at radius 3 is 2.08 bits per heavy atom. The highest BCUT2D eigenvalue weighted by Gasteiger charge is 2.48. The highest BCUT2D eigenvalue weighted by molar-refractivity contribution is 7.92. The summed E-state index contributed by atoms with van der Waals surface area (Å²) < 4.78 is 25.6. The van der Waals surface area contributed by atoms with Gasteiger partial charge in [0.15, 0.2) is 9.84 Å². The second kappa shape index (κ2) is 16.6. The van der Waals surface area contributed by atoms with Crippen molar-refractivity contribution in [2.75, 3.05) is 18.8 Å². The summed E-state index contributed by atoms with van der Waals surface area (Å²) in [4.78, 5) is 69.0. The average Bonchev–Trinajstić information content (AvgIpc) is 3.42. The number of urea groups is 1. The van der Waals surface area contributed by atoms with Gasteiger partial charge < -0.3 is 26.2 Å². The summed E-state index contributed by atoms with van der Waals surface area (Å²) in [7, 11) is -3.57. The molecule has 12 nitrogen and oxygen atoms in total. The van der Waals surface area contributed by atoms with Gasteiger partial charge in [0.25, 0.3) is 5.91 Å². The lowest BCUT2D eigenvalue weighted by molar-refractivity contribution is -0.144. The van der Waals surface area contributed by atoms with Crippen molar-refractivity contribution in [3.05, 3.63) is 12.7 Å². The summed E-state index contributed by atoms with van der Waals surface area (Å²) in [5.74, 6) is -2.93. The van der Waals surface area contributed by atoms with Gasteiger partial charge in [-0.25, -0.2) is 13.2 Å². The van der Waals surface area contributed by atoms with Crippen molar-refractivity contribution in [1.82, 2.24) is 26.2 Å². The predicted octanol–water partition coefficient (Wildman–Crippen LogP) is 3.65. The number of hydrogen-bond donors (Lipinski definition) is 4. The molecule has 1 aliphatic carbocycles. The number of rotatable bonds is 14. The van der Waals surface area contributed by atoms with Crippen LogP contribution in [-0.2, 0) is 29.0 Å². The van der Waals surface area contributed by atoms with Crippen molar-refractivity contribution in [2.24, 2.45) is 17.3 Å². The minimum Gasteiger partial charge on any atom is -0.346 e. The third-order valence-electron chi connectivity index (χ3n) is 9.67. The molecule has 0 aromatic carbocycles. The fraction of sp³-hybridized carbons (Fsp3) is 0.800. The summed E-state index contributed by atoms with van der Waals surface area (Å²) >= 11 is 0. The van der Waals surface area contributed by atoms with E-state index in [0.717, 1.165) is 19.3 Å². The van der Waals surface area contributed by atoms with Gasteiger partial charge in [0.05, 0.1) is 22.1 Å². The van der Waals surface area contributed by atoms with Crippen LogP contribution in [0, 0.1) is 17.3 Å². The first kappa shape index (κ1) is 41.2. The molecule has 274 valence electrons. The number of amides is 5. The van der Waals surface area contributed by atoms with E-state index < -0.39 is 73.2 Å². The molecule has 0 spiro atoms. The van der Waals surface area contributed by atoms with E-state index in [1.807, 2.05) is 41.5 Å². The molecular weight excluding hydrogens is 634 g/mol. The molecule has 2 aliphatic rings. The lowest BCUT2D eigenvalue weighted by Crippen LogP contribution is -2.64. The summed E-state index contributed by atoms with van der Waals surface area (Å²) in [5, 5.41) is 11.1. The molecule has 13 heteroatoms. The molecule has 0 bridgehead atoms. The summed E-state index contributed by atoms with van der Waals surface area (Å²) in [5.41, 5.74) is -1.73. The Morgan fingerprint density at radius 2 is 1.58 bits per heavy atom. The molecule has 4 N–H and O–H groups in total. The monoisotopic (exact) mass is 695 g/mol. The molecular formula is C35H61N5O7S. The minimum atomic E-state index is -3.57. The topological polar surface area (TPSA) is 171 Å². The van der Waals surface area contributed by atoms with Crippen molar-refractivity contribution in [3.8, 4) is 0 Å². The maximum atomic E-state index is 14.4. The third kappa shape index (κ3) is 10.5. The summed E-state index contributed by atoms with van der Waals surface area (Å²) in [6.07, 6.45) is 6.31. The van der Waals surface area contributed by atoms with E-state index in [9.17, 15) is 32.4 Å². The number of likely N-dealkylation sites (tertiary alicyclic amines) is 1. The van der Waals surface area contributed by atoms with Crippen LogP contribution in [0.15, 0.2) is 12.7 Å². The Hall–Kier alpha value is -2.96. The lowest BCUT2D eigenvalue weighted by Gasteiger charge is -2.41. The van der Waals surface area contributed by atoms with Gasteiger partial charge in [-0.1, -0.05) is 73.3 Å². The van der Waals surface area contributed by atoms with Crippen LogP contribution in [0.2, 0.25) is 0 Å². The molecule has 0 aromatic rings. The van der Waals surface area contributed by atoms with Crippen molar-refractivity contribution >= 4 is 39.4 Å². The lowest BCUT2D eigenvalue weighted by atomic mass is 9.83. The minimum absolute atomic E-state index is 0.0232. The Morgan fingerprint density at radius 1 is 0.979 bits per heavy atom. The maximum absolute atomic E-state index is 14.4. The molecule has 2 rings (SSSR count). The molecule has 1 saturated heterocycles. The SMILES string of the molecule is C=CCNC(=O)C(=O)C(CCC)NC(=O)[C@@H]1C(C(C)C)CCN1C(=O)[C@@H](NC(=O)NC1(CS(=O)(=O)C(C)(C)C)CCCCC1)C(C)(C)C. The molecule has 1 saturated carbocycles. The zero-order chi connectivity index (χ0) is 36.7. The second-order valence-corrected chi connectivity index (χ2v) is 18.7. The Bertz CT molecular complexity index is 1290. The van der Waals surface area contributed by atoms with Crippen LogP contribution in [-0.4, -0.2) is 90.1 Å². The quantitative estimate of drug-likeness (QED) is 0.159. The van der Waals surface area contributed by atoms with E-state index in [1.165, 1.54) is 11.0 Å².